The molecule has 0 aliphatic heterocycles. The maximum atomic E-state index is 11.9. The van der Waals surface area contributed by atoms with E-state index in [1.807, 2.05) is 6.92 Å². The highest BCUT2D eigenvalue weighted by Gasteiger charge is 2.28. The number of hydrogen-bond donors (Lipinski definition) is 2. The van der Waals surface area contributed by atoms with Crippen molar-refractivity contribution in [3.63, 3.8) is 0 Å². The predicted molar refractivity (Wildman–Crippen MR) is 87.3 cm³/mol. The highest BCUT2D eigenvalue weighted by atomic mass is 32.2. The normalized spacial score (nSPS) is 18.7. The molecule has 3 rings (SSSR count). The standard InChI is InChI=1S/C15H23N5O2S/c1-10-18-19-15(20(10)12-7-8-12)23-9-13(21)17-14(22)16-11-5-3-2-4-6-11/h11-12H,2-9H2,1H3,(H2,16,17,21,22). The van der Waals surface area contributed by atoms with E-state index < -0.39 is 0 Å². The Labute approximate surface area is 140 Å². The van der Waals surface area contributed by atoms with Crippen LogP contribution in [0.25, 0.3) is 0 Å². The molecule has 126 valence electrons. The van der Waals surface area contributed by atoms with Crippen molar-refractivity contribution in [3.8, 4) is 0 Å². The Morgan fingerprint density at radius 2 is 1.91 bits per heavy atom. The van der Waals surface area contributed by atoms with Crippen LogP contribution in [0.5, 0.6) is 0 Å². The summed E-state index contributed by atoms with van der Waals surface area (Å²) in [5.41, 5.74) is 0. The Bertz CT molecular complexity index is 578. The highest BCUT2D eigenvalue weighted by Crippen LogP contribution is 2.38. The molecule has 3 amide bonds. The van der Waals surface area contributed by atoms with Gasteiger partial charge in [0.2, 0.25) is 5.91 Å². The summed E-state index contributed by atoms with van der Waals surface area (Å²) in [5.74, 6) is 0.750. The van der Waals surface area contributed by atoms with Gasteiger partial charge in [0.15, 0.2) is 5.16 Å². The molecule has 0 saturated heterocycles. The van der Waals surface area contributed by atoms with Crippen LogP contribution in [0.1, 0.15) is 56.8 Å². The second-order valence-corrected chi connectivity index (χ2v) is 7.22. The molecule has 1 heterocycles. The van der Waals surface area contributed by atoms with Crippen molar-refractivity contribution in [1.29, 1.82) is 0 Å². The minimum absolute atomic E-state index is 0.170. The second-order valence-electron chi connectivity index (χ2n) is 6.28. The first-order chi connectivity index (χ1) is 11.1. The van der Waals surface area contributed by atoms with E-state index in [0.717, 1.165) is 49.5 Å². The van der Waals surface area contributed by atoms with Gasteiger partial charge >= 0.3 is 6.03 Å². The molecular formula is C15H23N5O2S. The molecule has 2 N–H and O–H groups in total. The van der Waals surface area contributed by atoms with Crippen LogP contribution in [0, 0.1) is 6.92 Å². The maximum absolute atomic E-state index is 11.9. The molecule has 1 aromatic heterocycles. The van der Waals surface area contributed by atoms with Crippen molar-refractivity contribution in [2.24, 2.45) is 0 Å². The number of amides is 3. The third-order valence-electron chi connectivity index (χ3n) is 4.27. The molecule has 0 atom stereocenters. The average Bonchev–Trinajstić information content (AvgIpc) is 3.29. The van der Waals surface area contributed by atoms with Crippen LogP contribution in [0.15, 0.2) is 5.16 Å². The first-order valence-corrected chi connectivity index (χ1v) is 9.26. The molecule has 0 radical (unpaired) electrons. The Balaban J connectivity index is 1.43. The van der Waals surface area contributed by atoms with E-state index in [2.05, 4.69) is 25.4 Å². The predicted octanol–water partition coefficient (Wildman–Crippen LogP) is 2.17. The number of carbonyl (C=O) groups excluding carboxylic acids is 2. The lowest BCUT2D eigenvalue weighted by Gasteiger charge is -2.22. The minimum Gasteiger partial charge on any atom is -0.335 e. The number of carbonyl (C=O) groups is 2. The second kappa shape index (κ2) is 7.33. The largest absolute Gasteiger partial charge is 0.335 e. The molecule has 2 aliphatic carbocycles. The van der Waals surface area contributed by atoms with Gasteiger partial charge in [-0.25, -0.2) is 4.79 Å². The molecule has 7 nitrogen and oxygen atoms in total. The smallest absolute Gasteiger partial charge is 0.321 e. The zero-order valence-electron chi connectivity index (χ0n) is 13.4. The number of imide groups is 1. The van der Waals surface area contributed by atoms with Crippen LogP contribution >= 0.6 is 11.8 Å². The number of aromatic nitrogens is 3. The lowest BCUT2D eigenvalue weighted by atomic mass is 9.96. The SMILES string of the molecule is Cc1nnc(SCC(=O)NC(=O)NC2CCCCC2)n1C1CC1. The molecular weight excluding hydrogens is 314 g/mol. The average molecular weight is 337 g/mol. The molecule has 0 aromatic carbocycles. The topological polar surface area (TPSA) is 88.9 Å². The first-order valence-electron chi connectivity index (χ1n) is 8.28. The summed E-state index contributed by atoms with van der Waals surface area (Å²) < 4.78 is 2.08. The summed E-state index contributed by atoms with van der Waals surface area (Å²) in [6.07, 6.45) is 7.80. The van der Waals surface area contributed by atoms with Gasteiger partial charge in [-0.05, 0) is 32.6 Å². The summed E-state index contributed by atoms with van der Waals surface area (Å²) in [7, 11) is 0. The van der Waals surface area contributed by atoms with Crippen molar-refractivity contribution >= 4 is 23.7 Å². The monoisotopic (exact) mass is 337 g/mol. The van der Waals surface area contributed by atoms with Crippen LogP contribution in [0.3, 0.4) is 0 Å². The third-order valence-corrected chi connectivity index (χ3v) is 5.22. The zero-order valence-corrected chi connectivity index (χ0v) is 14.2. The van der Waals surface area contributed by atoms with Gasteiger partial charge in [0.05, 0.1) is 5.75 Å². The molecule has 23 heavy (non-hydrogen) atoms. The number of aryl methyl sites for hydroxylation is 1. The Morgan fingerprint density at radius 3 is 2.61 bits per heavy atom. The fourth-order valence-corrected chi connectivity index (χ4v) is 3.81. The molecule has 2 aliphatic rings. The van der Waals surface area contributed by atoms with Gasteiger partial charge in [-0.3, -0.25) is 10.1 Å². The number of thioether (sulfide) groups is 1. The Morgan fingerprint density at radius 1 is 1.17 bits per heavy atom. The first kappa shape index (κ1) is 16.3. The van der Waals surface area contributed by atoms with Crippen LogP contribution in [0.4, 0.5) is 4.79 Å². The van der Waals surface area contributed by atoms with Crippen molar-refractivity contribution in [3.05, 3.63) is 5.82 Å². The summed E-state index contributed by atoms with van der Waals surface area (Å²) in [5, 5.41) is 14.2. The van der Waals surface area contributed by atoms with Gasteiger partial charge in [-0.15, -0.1) is 10.2 Å². The van der Waals surface area contributed by atoms with Crippen molar-refractivity contribution in [2.45, 2.75) is 69.1 Å². The van der Waals surface area contributed by atoms with Crippen LogP contribution in [-0.4, -0.2) is 38.5 Å². The Kier molecular flexibility index (Phi) is 5.20. The molecule has 0 spiro atoms. The van der Waals surface area contributed by atoms with E-state index in [9.17, 15) is 9.59 Å². The van der Waals surface area contributed by atoms with Gasteiger partial charge in [-0.1, -0.05) is 31.0 Å². The number of rotatable bonds is 5. The molecule has 1 aromatic rings. The summed E-state index contributed by atoms with van der Waals surface area (Å²) in [6.45, 7) is 1.92. The third kappa shape index (κ3) is 4.46. The maximum Gasteiger partial charge on any atom is 0.321 e. The van der Waals surface area contributed by atoms with Crippen molar-refractivity contribution in [2.75, 3.05) is 5.75 Å². The highest BCUT2D eigenvalue weighted by molar-refractivity contribution is 7.99. The summed E-state index contributed by atoms with van der Waals surface area (Å²) >= 11 is 1.33. The van der Waals surface area contributed by atoms with Crippen LogP contribution in [0.2, 0.25) is 0 Å². The number of hydrogen-bond acceptors (Lipinski definition) is 5. The number of nitrogens with one attached hydrogen (secondary N) is 2. The molecule has 0 unspecified atom stereocenters. The minimum atomic E-state index is -0.387. The van der Waals surface area contributed by atoms with Gasteiger partial charge in [0.1, 0.15) is 5.82 Å². The fraction of sp³-hybridized carbons (Fsp3) is 0.733. The van der Waals surface area contributed by atoms with Crippen molar-refractivity contribution in [1.82, 2.24) is 25.4 Å². The van der Waals surface area contributed by atoms with E-state index in [1.54, 1.807) is 0 Å². The van der Waals surface area contributed by atoms with E-state index in [4.69, 9.17) is 0 Å². The summed E-state index contributed by atoms with van der Waals surface area (Å²) in [6, 6.07) is 0.289. The van der Waals surface area contributed by atoms with Crippen LogP contribution in [-0.2, 0) is 4.79 Å². The van der Waals surface area contributed by atoms with Gasteiger partial charge in [-0.2, -0.15) is 0 Å². The van der Waals surface area contributed by atoms with E-state index in [1.165, 1.54) is 18.2 Å². The molecule has 2 fully saturated rings. The molecule has 0 bridgehead atoms. The quantitative estimate of drug-likeness (QED) is 0.804. The lowest BCUT2D eigenvalue weighted by molar-refractivity contribution is -0.117. The number of nitrogens with zero attached hydrogens (tertiary/aromatic N) is 3. The van der Waals surface area contributed by atoms with E-state index in [-0.39, 0.29) is 23.7 Å². The van der Waals surface area contributed by atoms with Gasteiger partial charge in [0, 0.05) is 12.1 Å². The fourth-order valence-electron chi connectivity index (χ4n) is 2.96. The van der Waals surface area contributed by atoms with E-state index in [0.29, 0.717) is 6.04 Å². The summed E-state index contributed by atoms with van der Waals surface area (Å²) in [4.78, 5) is 23.8. The van der Waals surface area contributed by atoms with E-state index >= 15 is 0 Å². The number of urea groups is 1. The van der Waals surface area contributed by atoms with Crippen LogP contribution < -0.4 is 10.6 Å². The lowest BCUT2D eigenvalue weighted by Crippen LogP contribution is -2.45. The molecule has 2 saturated carbocycles. The zero-order chi connectivity index (χ0) is 16.2. The van der Waals surface area contributed by atoms with Gasteiger partial charge < -0.3 is 9.88 Å². The van der Waals surface area contributed by atoms with Gasteiger partial charge in [0.25, 0.3) is 0 Å². The Hall–Kier alpha value is -1.57. The van der Waals surface area contributed by atoms with Crippen molar-refractivity contribution < 1.29 is 9.59 Å². The molecule has 8 heteroatoms.